The van der Waals surface area contributed by atoms with Crippen molar-refractivity contribution in [3.63, 3.8) is 0 Å². The first-order valence-corrected chi connectivity index (χ1v) is 15.0. The van der Waals surface area contributed by atoms with Crippen LogP contribution in [0.15, 0.2) is 31.2 Å². The summed E-state index contributed by atoms with van der Waals surface area (Å²) in [5.74, 6) is -1.55. The summed E-state index contributed by atoms with van der Waals surface area (Å²) in [6.07, 6.45) is 7.88. The number of piperidine rings is 2. The number of carbonyl (C=O) groups excluding carboxylic acids is 1. The van der Waals surface area contributed by atoms with Crippen LogP contribution in [0.4, 0.5) is 4.79 Å². The van der Waals surface area contributed by atoms with Crippen LogP contribution in [0, 0.1) is 11.3 Å². The topological polar surface area (TPSA) is 102 Å². The molecule has 0 saturated carbocycles. The van der Waals surface area contributed by atoms with Gasteiger partial charge in [-0.05, 0) is 72.9 Å². The number of likely N-dealkylation sites (tertiary alicyclic amines) is 2. The number of hydrogen-bond donors (Lipinski definition) is 1. The SMILES string of the molecule is C=C[C@@H]1C(CN2CCCC3(CCCN(C(=O)OC(C)(C)C)C3)C2)O[C@@H](n2ccc3c(Cl)ncnc32)[C@@H]1OC(C)(C)O. The number of carbonyl (C=O) groups is 1. The van der Waals surface area contributed by atoms with Crippen molar-refractivity contribution in [2.24, 2.45) is 11.3 Å². The smallest absolute Gasteiger partial charge is 0.410 e. The maximum atomic E-state index is 12.9. The first-order chi connectivity index (χ1) is 19.3. The number of amides is 1. The predicted molar refractivity (Wildman–Crippen MR) is 156 cm³/mol. The molecule has 0 bridgehead atoms. The second-order valence-electron chi connectivity index (χ2n) is 13.4. The Morgan fingerprint density at radius 3 is 2.63 bits per heavy atom. The van der Waals surface area contributed by atoms with Crippen LogP contribution in [0.3, 0.4) is 0 Å². The minimum Gasteiger partial charge on any atom is -0.444 e. The molecule has 3 saturated heterocycles. The van der Waals surface area contributed by atoms with Crippen LogP contribution in [0.25, 0.3) is 11.0 Å². The van der Waals surface area contributed by atoms with E-state index in [4.69, 9.17) is 25.8 Å². The maximum Gasteiger partial charge on any atom is 0.410 e. The van der Waals surface area contributed by atoms with Gasteiger partial charge in [0.15, 0.2) is 12.0 Å². The van der Waals surface area contributed by atoms with Gasteiger partial charge in [-0.15, -0.1) is 6.58 Å². The summed E-state index contributed by atoms with van der Waals surface area (Å²) in [7, 11) is 0. The summed E-state index contributed by atoms with van der Waals surface area (Å²) in [6, 6.07) is 1.87. The Kier molecular flexibility index (Phi) is 8.44. The average Bonchev–Trinajstić information content (AvgIpc) is 3.44. The highest BCUT2D eigenvalue weighted by molar-refractivity contribution is 6.33. The van der Waals surface area contributed by atoms with Crippen LogP contribution >= 0.6 is 11.6 Å². The van der Waals surface area contributed by atoms with Crippen molar-refractivity contribution in [2.45, 2.75) is 90.1 Å². The molecule has 11 heteroatoms. The number of aromatic nitrogens is 3. The number of aliphatic hydroxyl groups is 1. The van der Waals surface area contributed by atoms with E-state index >= 15 is 0 Å². The first-order valence-electron chi connectivity index (χ1n) is 14.6. The molecule has 2 aromatic heterocycles. The van der Waals surface area contributed by atoms with E-state index in [2.05, 4.69) is 21.4 Å². The highest BCUT2D eigenvalue weighted by atomic mass is 35.5. The van der Waals surface area contributed by atoms with Crippen molar-refractivity contribution < 1.29 is 24.1 Å². The highest BCUT2D eigenvalue weighted by Crippen LogP contribution is 2.43. The third kappa shape index (κ3) is 6.72. The molecule has 5 rings (SSSR count). The summed E-state index contributed by atoms with van der Waals surface area (Å²) in [5, 5.41) is 11.8. The number of nitrogens with zero attached hydrogens (tertiary/aromatic N) is 5. The highest BCUT2D eigenvalue weighted by Gasteiger charge is 2.49. The van der Waals surface area contributed by atoms with Crippen molar-refractivity contribution >= 4 is 28.7 Å². The van der Waals surface area contributed by atoms with Gasteiger partial charge in [0.25, 0.3) is 0 Å². The molecule has 3 aliphatic rings. The van der Waals surface area contributed by atoms with E-state index in [0.29, 0.717) is 23.9 Å². The lowest BCUT2D eigenvalue weighted by atomic mass is 9.73. The van der Waals surface area contributed by atoms with E-state index < -0.39 is 23.7 Å². The van der Waals surface area contributed by atoms with Gasteiger partial charge < -0.3 is 33.7 Å². The Balaban J connectivity index is 1.35. The summed E-state index contributed by atoms with van der Waals surface area (Å²) < 4.78 is 20.6. The molecule has 0 aromatic carbocycles. The first kappa shape index (κ1) is 30.2. The zero-order valence-corrected chi connectivity index (χ0v) is 25.6. The van der Waals surface area contributed by atoms with Gasteiger partial charge in [0.1, 0.15) is 28.8 Å². The molecule has 0 aliphatic carbocycles. The van der Waals surface area contributed by atoms with Gasteiger partial charge >= 0.3 is 6.09 Å². The molecule has 5 heterocycles. The minimum absolute atomic E-state index is 0.0301. The lowest BCUT2D eigenvalue weighted by molar-refractivity contribution is -0.226. The van der Waals surface area contributed by atoms with Crippen LogP contribution < -0.4 is 0 Å². The lowest BCUT2D eigenvalue weighted by Gasteiger charge is -2.49. The Morgan fingerprint density at radius 2 is 1.95 bits per heavy atom. The quantitative estimate of drug-likeness (QED) is 0.285. The fourth-order valence-electron chi connectivity index (χ4n) is 6.78. The van der Waals surface area contributed by atoms with Gasteiger partial charge in [0.2, 0.25) is 0 Å². The van der Waals surface area contributed by atoms with Crippen molar-refractivity contribution in [1.82, 2.24) is 24.3 Å². The molecule has 1 amide bonds. The second kappa shape index (κ2) is 11.4. The van der Waals surface area contributed by atoms with Crippen LogP contribution in [0.5, 0.6) is 0 Å². The number of ether oxygens (including phenoxy) is 3. The van der Waals surface area contributed by atoms with Crippen LogP contribution in [0.2, 0.25) is 5.15 Å². The van der Waals surface area contributed by atoms with E-state index in [0.717, 1.165) is 50.7 Å². The van der Waals surface area contributed by atoms with Crippen molar-refractivity contribution in [1.29, 1.82) is 0 Å². The van der Waals surface area contributed by atoms with E-state index in [-0.39, 0.29) is 23.5 Å². The zero-order valence-electron chi connectivity index (χ0n) is 24.9. The van der Waals surface area contributed by atoms with E-state index in [9.17, 15) is 9.90 Å². The molecule has 1 N–H and O–H groups in total. The molecule has 3 aliphatic heterocycles. The fourth-order valence-corrected chi connectivity index (χ4v) is 6.97. The summed E-state index contributed by atoms with van der Waals surface area (Å²) in [5.41, 5.74) is 0.159. The second-order valence-corrected chi connectivity index (χ2v) is 13.7. The molecular weight excluding hydrogens is 546 g/mol. The van der Waals surface area contributed by atoms with Crippen LogP contribution in [-0.4, -0.2) is 91.9 Å². The number of fused-ring (bicyclic) bond motifs is 1. The Labute approximate surface area is 247 Å². The van der Waals surface area contributed by atoms with Crippen molar-refractivity contribution in [2.75, 3.05) is 32.7 Å². The number of hydrogen-bond acceptors (Lipinski definition) is 8. The molecule has 5 atom stereocenters. The average molecular weight is 590 g/mol. The van der Waals surface area contributed by atoms with E-state index in [1.807, 2.05) is 48.6 Å². The fraction of sp³-hybridized carbons (Fsp3) is 0.700. The van der Waals surface area contributed by atoms with Gasteiger partial charge in [0.05, 0.1) is 11.5 Å². The molecule has 3 fully saturated rings. The van der Waals surface area contributed by atoms with Crippen LogP contribution in [0.1, 0.15) is 66.5 Å². The van der Waals surface area contributed by atoms with Gasteiger partial charge in [-0.1, -0.05) is 17.7 Å². The summed E-state index contributed by atoms with van der Waals surface area (Å²) in [4.78, 5) is 25.8. The molecule has 2 unspecified atom stereocenters. The molecule has 1 spiro atoms. The van der Waals surface area contributed by atoms with Crippen molar-refractivity contribution in [3.05, 3.63) is 36.4 Å². The molecule has 41 heavy (non-hydrogen) atoms. The molecule has 0 radical (unpaired) electrons. The normalized spacial score (nSPS) is 29.8. The molecule has 10 nitrogen and oxygen atoms in total. The van der Waals surface area contributed by atoms with Gasteiger partial charge in [0, 0.05) is 43.7 Å². The maximum absolute atomic E-state index is 12.9. The third-order valence-electron chi connectivity index (χ3n) is 8.33. The summed E-state index contributed by atoms with van der Waals surface area (Å²) >= 11 is 6.33. The molecular formula is C30H44ClN5O5. The monoisotopic (exact) mass is 589 g/mol. The van der Waals surface area contributed by atoms with Crippen molar-refractivity contribution in [3.8, 4) is 0 Å². The van der Waals surface area contributed by atoms with Gasteiger partial charge in [-0.25, -0.2) is 14.8 Å². The third-order valence-corrected chi connectivity index (χ3v) is 8.63. The van der Waals surface area contributed by atoms with Gasteiger partial charge in [-0.2, -0.15) is 0 Å². The Bertz CT molecular complexity index is 1250. The largest absolute Gasteiger partial charge is 0.444 e. The van der Waals surface area contributed by atoms with Gasteiger partial charge in [-0.3, -0.25) is 0 Å². The number of halogens is 1. The van der Waals surface area contributed by atoms with E-state index in [1.54, 1.807) is 13.8 Å². The Hall–Kier alpha value is -2.24. The van der Waals surface area contributed by atoms with Crippen LogP contribution in [-0.2, 0) is 14.2 Å². The molecule has 226 valence electrons. The Morgan fingerprint density at radius 1 is 1.22 bits per heavy atom. The molecule has 2 aromatic rings. The predicted octanol–water partition coefficient (Wildman–Crippen LogP) is 5.01. The van der Waals surface area contributed by atoms with E-state index in [1.165, 1.54) is 6.33 Å². The standard InChI is InChI=1S/C30H44ClN5O5/c1-7-20-22(16-34-13-8-11-30(17-34)12-9-14-35(18-30)27(37)41-28(2,3)4)39-26(23(20)40-29(5,6)38)36-15-10-21-24(31)32-19-33-25(21)36/h7,10,15,19-20,22-23,26,38H,1,8-9,11-14,16-18H2,2-6H3/t20-,22?,23-,26-,30?/m1/s1. The number of rotatable bonds is 6. The lowest BCUT2D eigenvalue weighted by Crippen LogP contribution is -2.55. The minimum atomic E-state index is -1.37. The zero-order chi connectivity index (χ0) is 29.6. The summed E-state index contributed by atoms with van der Waals surface area (Å²) in [6.45, 7) is 17.1.